The summed E-state index contributed by atoms with van der Waals surface area (Å²) in [6.45, 7) is 0. The Morgan fingerprint density at radius 2 is 0.727 bits per heavy atom. The van der Waals surface area contributed by atoms with Gasteiger partial charge >= 0.3 is 90.2 Å². The van der Waals surface area contributed by atoms with E-state index >= 15 is 0 Å². The topological polar surface area (TPSA) is 206 Å². The van der Waals surface area contributed by atoms with Gasteiger partial charge in [0.2, 0.25) is 0 Å². The minimum absolute atomic E-state index is 0. The third-order valence-electron chi connectivity index (χ3n) is 0. The zero-order chi connectivity index (χ0) is 4.50. The second-order valence-corrected chi connectivity index (χ2v) is 3.34. The Kier molecular flexibility index (Phi) is 107. The molecule has 0 aliphatic rings. The van der Waals surface area contributed by atoms with Crippen LogP contribution in [0.4, 0.5) is 0 Å². The van der Waals surface area contributed by atoms with Crippen LogP contribution in [0.3, 0.4) is 0 Å². The summed E-state index contributed by atoms with van der Waals surface area (Å²) in [5, 5.41) is 0. The predicted molar refractivity (Wildman–Crippen MR) is 15.8 cm³/mol. The first-order chi connectivity index (χ1) is 2.00. The summed E-state index contributed by atoms with van der Waals surface area (Å²) in [6, 6.07) is 0. The Morgan fingerprint density at radius 3 is 0.727 bits per heavy atom. The van der Waals surface area contributed by atoms with Gasteiger partial charge in [0.25, 0.3) is 0 Å². The SMILES string of the molecule is O.O.O.O.[Na+].[Na+].[O]=[W](=[O])([O-])[O-]. The van der Waals surface area contributed by atoms with Gasteiger partial charge in [-0.25, -0.2) is 0 Å². The maximum absolute atomic E-state index is 8.65. The van der Waals surface area contributed by atoms with Crippen molar-refractivity contribution in [1.82, 2.24) is 0 Å². The van der Waals surface area contributed by atoms with Crippen molar-refractivity contribution in [3.05, 3.63) is 0 Å². The molecule has 0 fully saturated rings. The van der Waals surface area contributed by atoms with E-state index in [2.05, 4.69) is 0 Å². The van der Waals surface area contributed by atoms with Gasteiger partial charge in [0.05, 0.1) is 0 Å². The van der Waals surface area contributed by atoms with Crippen LogP contribution < -0.4 is 66.6 Å². The molecular weight excluding hydrogens is 358 g/mol. The average Bonchev–Trinajstić information content (AvgIpc) is 0.722. The van der Waals surface area contributed by atoms with Gasteiger partial charge in [0.1, 0.15) is 0 Å². The standard InChI is InChI=1S/2Na.4H2O.4O.W/h;;4*1H2;;;;;/q2*+1;;;;;;;2*-1;. The Balaban J connectivity index is -0.00000000533. The quantitative estimate of drug-likeness (QED) is 0.383. The van der Waals surface area contributed by atoms with E-state index in [0.717, 1.165) is 0 Å². The van der Waals surface area contributed by atoms with Crippen molar-refractivity contribution in [1.29, 1.82) is 0 Å². The molecule has 8 N–H and O–H groups in total. The fraction of sp³-hybridized carbons (Fsp3) is 0. The van der Waals surface area contributed by atoms with E-state index < -0.39 is 16.7 Å². The third-order valence-corrected chi connectivity index (χ3v) is 0. The second kappa shape index (κ2) is 22.7. The van der Waals surface area contributed by atoms with Crippen LogP contribution in [0.1, 0.15) is 0 Å². The molecule has 0 bridgehead atoms. The molecule has 0 aliphatic carbocycles. The van der Waals surface area contributed by atoms with Gasteiger partial charge in [0, 0.05) is 0 Å². The molecule has 64 valence electrons. The van der Waals surface area contributed by atoms with Gasteiger partial charge in [-0.15, -0.1) is 0 Å². The van der Waals surface area contributed by atoms with Crippen molar-refractivity contribution < 1.29 is 112 Å². The zero-order valence-electron chi connectivity index (χ0n) is 6.04. The molecule has 0 unspecified atom stereocenters. The molecular formula is H8Na2O8W. The van der Waals surface area contributed by atoms with Crippen molar-refractivity contribution in [3.8, 4) is 0 Å². The molecule has 11 heteroatoms. The minimum atomic E-state index is -6.17. The Hall–Kier alpha value is 2.05. The van der Waals surface area contributed by atoms with Crippen molar-refractivity contribution >= 4 is 0 Å². The molecule has 0 rings (SSSR count). The summed E-state index contributed by atoms with van der Waals surface area (Å²) in [4.78, 5) is 0. The first-order valence-electron chi connectivity index (χ1n) is 0.667. The summed E-state index contributed by atoms with van der Waals surface area (Å²) in [5.74, 6) is 0. The van der Waals surface area contributed by atoms with Gasteiger partial charge in [-0.05, 0) is 0 Å². The van der Waals surface area contributed by atoms with Crippen LogP contribution >= 0.6 is 0 Å². The summed E-state index contributed by atoms with van der Waals surface area (Å²) in [6.07, 6.45) is 0. The van der Waals surface area contributed by atoms with Crippen molar-refractivity contribution in [2.24, 2.45) is 0 Å². The molecule has 11 heavy (non-hydrogen) atoms. The van der Waals surface area contributed by atoms with Crippen LogP contribution in [0.25, 0.3) is 0 Å². The van der Waals surface area contributed by atoms with Gasteiger partial charge < -0.3 is 21.9 Å². The van der Waals surface area contributed by atoms with Gasteiger partial charge in [0.15, 0.2) is 0 Å². The molecule has 0 spiro atoms. The summed E-state index contributed by atoms with van der Waals surface area (Å²) in [7, 11) is 0. The summed E-state index contributed by atoms with van der Waals surface area (Å²) < 4.78 is 34.6. The zero-order valence-corrected chi connectivity index (χ0v) is 13.0. The van der Waals surface area contributed by atoms with Crippen molar-refractivity contribution in [2.45, 2.75) is 0 Å². The Bertz CT molecular complexity index is 95.3. The van der Waals surface area contributed by atoms with E-state index in [-0.39, 0.29) is 81.0 Å². The molecule has 0 saturated heterocycles. The van der Waals surface area contributed by atoms with E-state index in [1.165, 1.54) is 0 Å². The van der Waals surface area contributed by atoms with E-state index in [4.69, 9.17) is 14.3 Å². The Morgan fingerprint density at radius 1 is 0.727 bits per heavy atom. The Labute approximate surface area is 111 Å². The van der Waals surface area contributed by atoms with E-state index in [1.807, 2.05) is 0 Å². The van der Waals surface area contributed by atoms with E-state index in [9.17, 15) is 0 Å². The third kappa shape index (κ3) is 290. The van der Waals surface area contributed by atoms with Crippen LogP contribution in [0.2, 0.25) is 0 Å². The van der Waals surface area contributed by atoms with Crippen molar-refractivity contribution in [2.75, 3.05) is 0 Å². The molecule has 0 aromatic heterocycles. The first-order valence-corrected chi connectivity index (χ1v) is 5.46. The van der Waals surface area contributed by atoms with Crippen molar-refractivity contribution in [3.63, 3.8) is 0 Å². The van der Waals surface area contributed by atoms with Gasteiger partial charge in [-0.3, -0.25) is 0 Å². The first kappa shape index (κ1) is 51.8. The van der Waals surface area contributed by atoms with Crippen LogP contribution in [-0.4, -0.2) is 21.9 Å². The monoisotopic (exact) mass is 366 g/mol. The fourth-order valence-corrected chi connectivity index (χ4v) is 0. The second-order valence-electron chi connectivity index (χ2n) is 0.408. The molecule has 0 saturated carbocycles. The molecule has 0 aromatic rings. The van der Waals surface area contributed by atoms with Gasteiger partial charge in [-0.2, -0.15) is 0 Å². The molecule has 0 atom stereocenters. The molecule has 0 radical (unpaired) electrons. The number of hydrogen-bond donors (Lipinski definition) is 0. The average molecular weight is 366 g/mol. The van der Waals surface area contributed by atoms with Crippen LogP contribution in [0.15, 0.2) is 0 Å². The predicted octanol–water partition coefficient (Wildman–Crippen LogP) is -11.9. The van der Waals surface area contributed by atoms with E-state index in [1.54, 1.807) is 0 Å². The normalized spacial score (nSPS) is 5.27. The molecule has 0 aromatic carbocycles. The van der Waals surface area contributed by atoms with E-state index in [0.29, 0.717) is 0 Å². The molecule has 0 amide bonds. The number of rotatable bonds is 0. The molecule has 0 aliphatic heterocycles. The van der Waals surface area contributed by atoms with Crippen LogP contribution in [0.5, 0.6) is 0 Å². The van der Waals surface area contributed by atoms with Gasteiger partial charge in [-0.1, -0.05) is 0 Å². The fourth-order valence-electron chi connectivity index (χ4n) is 0. The maximum atomic E-state index is 8.65. The summed E-state index contributed by atoms with van der Waals surface area (Å²) in [5.41, 5.74) is 0. The van der Waals surface area contributed by atoms with Crippen LogP contribution in [0, 0.1) is 0 Å². The summed E-state index contributed by atoms with van der Waals surface area (Å²) >= 11 is -6.17. The van der Waals surface area contributed by atoms with Crippen LogP contribution in [-0.2, 0) is 23.5 Å². The molecule has 0 heterocycles. The molecule has 8 nitrogen and oxygen atoms in total. The number of hydrogen-bond acceptors (Lipinski definition) is 4.